The Morgan fingerprint density at radius 3 is 2.50 bits per heavy atom. The number of aromatic hydroxyl groups is 1. The van der Waals surface area contributed by atoms with E-state index in [9.17, 15) is 18.3 Å². The summed E-state index contributed by atoms with van der Waals surface area (Å²) in [5.74, 6) is 0.411. The summed E-state index contributed by atoms with van der Waals surface area (Å²) in [5.41, 5.74) is 6.04. The molecule has 1 fully saturated rings. The maximum atomic E-state index is 12.9. The van der Waals surface area contributed by atoms with E-state index in [1.165, 1.54) is 16.4 Å². The summed E-state index contributed by atoms with van der Waals surface area (Å²) in [7, 11) is -3.76. The number of phenols is 1. The molecule has 1 atom stereocenters. The molecule has 0 spiro atoms. The van der Waals surface area contributed by atoms with Gasteiger partial charge in [0.25, 0.3) is 5.91 Å². The molecule has 1 aromatic rings. The number of aliphatic imine (C=N–C) groups is 1. The first kappa shape index (κ1) is 22.6. The number of amides is 1. The van der Waals surface area contributed by atoms with Crippen molar-refractivity contribution in [1.29, 1.82) is 0 Å². The molecule has 1 unspecified atom stereocenters. The van der Waals surface area contributed by atoms with E-state index in [0.29, 0.717) is 44.8 Å². The normalized spacial score (nSPS) is 24.0. The maximum Gasteiger partial charge on any atom is 0.257 e. The molecule has 1 aromatic carbocycles. The van der Waals surface area contributed by atoms with E-state index in [-0.39, 0.29) is 28.4 Å². The molecule has 166 valence electrons. The molecule has 0 bridgehead atoms. The first-order valence-corrected chi connectivity index (χ1v) is 11.8. The Morgan fingerprint density at radius 2 is 1.93 bits per heavy atom. The summed E-state index contributed by atoms with van der Waals surface area (Å²) in [6, 6.07) is 4.57. The van der Waals surface area contributed by atoms with Gasteiger partial charge >= 0.3 is 0 Å². The zero-order valence-corrected chi connectivity index (χ0v) is 18.9. The SMILES string of the molecule is Cc1ccc(S(=O)(=O)N2CCC(CN3C(=O)C(C)(CC(C)C)N=C3N)CC2)c(O)c1. The highest BCUT2D eigenvalue weighted by Crippen LogP contribution is 2.32. The van der Waals surface area contributed by atoms with Gasteiger partial charge in [-0.2, -0.15) is 4.31 Å². The quantitative estimate of drug-likeness (QED) is 0.708. The Labute approximate surface area is 178 Å². The summed E-state index contributed by atoms with van der Waals surface area (Å²) >= 11 is 0. The number of carbonyl (C=O) groups excluding carboxylic acids is 1. The topological polar surface area (TPSA) is 116 Å². The van der Waals surface area contributed by atoms with Crippen molar-refractivity contribution in [3.8, 4) is 5.75 Å². The van der Waals surface area contributed by atoms with Crippen LogP contribution >= 0.6 is 0 Å². The van der Waals surface area contributed by atoms with Crippen LogP contribution in [0.4, 0.5) is 0 Å². The van der Waals surface area contributed by atoms with Crippen molar-refractivity contribution in [2.45, 2.75) is 57.4 Å². The average Bonchev–Trinajstić information content (AvgIpc) is 2.84. The fraction of sp³-hybridized carbons (Fsp3) is 0.619. The standard InChI is InChI=1S/C21H32N4O4S/c1-14(2)12-21(4)19(27)25(20(22)23-21)13-16-7-9-24(10-8-16)30(28,29)18-6-5-15(3)11-17(18)26/h5-6,11,14,16,26H,7-10,12-13H2,1-4H3,(H2,22,23). The first-order valence-electron chi connectivity index (χ1n) is 10.4. The van der Waals surface area contributed by atoms with Crippen LogP contribution in [0.5, 0.6) is 5.75 Å². The molecule has 30 heavy (non-hydrogen) atoms. The van der Waals surface area contributed by atoms with Crippen LogP contribution in [-0.2, 0) is 14.8 Å². The Bertz CT molecular complexity index is 952. The molecule has 0 aromatic heterocycles. The van der Waals surface area contributed by atoms with Crippen LogP contribution in [0.15, 0.2) is 28.1 Å². The van der Waals surface area contributed by atoms with Gasteiger partial charge in [-0.15, -0.1) is 0 Å². The number of benzene rings is 1. The van der Waals surface area contributed by atoms with Gasteiger partial charge in [0.1, 0.15) is 16.2 Å². The molecule has 0 radical (unpaired) electrons. The molecule has 3 N–H and O–H groups in total. The van der Waals surface area contributed by atoms with E-state index in [0.717, 1.165) is 5.56 Å². The van der Waals surface area contributed by atoms with Gasteiger partial charge < -0.3 is 10.8 Å². The van der Waals surface area contributed by atoms with Crippen LogP contribution in [0.3, 0.4) is 0 Å². The van der Waals surface area contributed by atoms with Crippen molar-refractivity contribution in [3.05, 3.63) is 23.8 Å². The molecule has 2 aliphatic heterocycles. The molecule has 0 saturated carbocycles. The Morgan fingerprint density at radius 1 is 1.30 bits per heavy atom. The third kappa shape index (κ3) is 4.32. The fourth-order valence-corrected chi connectivity index (χ4v) is 5.97. The fourth-order valence-electron chi connectivity index (χ4n) is 4.44. The Kier molecular flexibility index (Phi) is 6.15. The van der Waals surface area contributed by atoms with Crippen molar-refractivity contribution < 1.29 is 18.3 Å². The molecule has 0 aliphatic carbocycles. The number of nitrogens with two attached hydrogens (primary N) is 1. The number of guanidine groups is 1. The highest BCUT2D eigenvalue weighted by molar-refractivity contribution is 7.89. The van der Waals surface area contributed by atoms with Gasteiger partial charge in [0.05, 0.1) is 0 Å². The highest BCUT2D eigenvalue weighted by atomic mass is 32.2. The van der Waals surface area contributed by atoms with Crippen molar-refractivity contribution >= 4 is 21.9 Å². The molecular formula is C21H32N4O4S. The highest BCUT2D eigenvalue weighted by Gasteiger charge is 2.45. The Hall–Kier alpha value is -2.13. The lowest BCUT2D eigenvalue weighted by molar-refractivity contribution is -0.131. The lowest BCUT2D eigenvalue weighted by atomic mass is 9.90. The van der Waals surface area contributed by atoms with Crippen molar-refractivity contribution in [1.82, 2.24) is 9.21 Å². The van der Waals surface area contributed by atoms with Crippen molar-refractivity contribution in [2.24, 2.45) is 22.6 Å². The molecule has 3 rings (SSSR count). The second kappa shape index (κ2) is 8.19. The number of nitrogens with zero attached hydrogens (tertiary/aromatic N) is 3. The van der Waals surface area contributed by atoms with Gasteiger partial charge in [-0.1, -0.05) is 19.9 Å². The van der Waals surface area contributed by atoms with Gasteiger partial charge in [-0.05, 0) is 62.6 Å². The third-order valence-corrected chi connectivity index (χ3v) is 7.84. The number of phenolic OH excluding ortho intramolecular Hbond substituents is 1. The van der Waals surface area contributed by atoms with Gasteiger partial charge in [-0.25, -0.2) is 13.4 Å². The van der Waals surface area contributed by atoms with Crippen LogP contribution in [0.25, 0.3) is 0 Å². The summed E-state index contributed by atoms with van der Waals surface area (Å²) < 4.78 is 27.3. The van der Waals surface area contributed by atoms with Crippen molar-refractivity contribution in [3.63, 3.8) is 0 Å². The van der Waals surface area contributed by atoms with Crippen molar-refractivity contribution in [2.75, 3.05) is 19.6 Å². The van der Waals surface area contributed by atoms with E-state index in [4.69, 9.17) is 5.73 Å². The van der Waals surface area contributed by atoms with E-state index < -0.39 is 15.6 Å². The van der Waals surface area contributed by atoms with Crippen LogP contribution in [0, 0.1) is 18.8 Å². The zero-order valence-electron chi connectivity index (χ0n) is 18.1. The number of hydrogen-bond acceptors (Lipinski definition) is 6. The first-order chi connectivity index (χ1) is 13.9. The lowest BCUT2D eigenvalue weighted by Crippen LogP contribution is -2.47. The van der Waals surface area contributed by atoms with E-state index >= 15 is 0 Å². The van der Waals surface area contributed by atoms with Crippen LogP contribution in [-0.4, -0.2) is 59.8 Å². The van der Waals surface area contributed by atoms with Crippen LogP contribution < -0.4 is 5.73 Å². The molecular weight excluding hydrogens is 404 g/mol. The smallest absolute Gasteiger partial charge is 0.257 e. The van der Waals surface area contributed by atoms with Gasteiger partial charge in [-0.3, -0.25) is 9.69 Å². The predicted molar refractivity (Wildman–Crippen MR) is 116 cm³/mol. The van der Waals surface area contributed by atoms with E-state index in [1.54, 1.807) is 17.9 Å². The van der Waals surface area contributed by atoms with Crippen LogP contribution in [0.2, 0.25) is 0 Å². The van der Waals surface area contributed by atoms with E-state index in [2.05, 4.69) is 18.8 Å². The number of hydrogen-bond donors (Lipinski definition) is 2. The maximum absolute atomic E-state index is 12.9. The minimum atomic E-state index is -3.76. The predicted octanol–water partition coefficient (Wildman–Crippen LogP) is 2.06. The summed E-state index contributed by atoms with van der Waals surface area (Å²) in [6.07, 6.45) is 1.87. The van der Waals surface area contributed by atoms with Gasteiger partial charge in [0.15, 0.2) is 5.96 Å². The Balaban J connectivity index is 1.64. The van der Waals surface area contributed by atoms with Gasteiger partial charge in [0, 0.05) is 19.6 Å². The molecule has 8 nitrogen and oxygen atoms in total. The second-order valence-electron chi connectivity index (χ2n) is 9.08. The number of piperidine rings is 1. The minimum absolute atomic E-state index is 0.0675. The largest absolute Gasteiger partial charge is 0.507 e. The average molecular weight is 437 g/mol. The molecule has 2 heterocycles. The number of aryl methyl sites for hydroxylation is 1. The molecule has 2 aliphatic rings. The number of sulfonamides is 1. The molecule has 1 amide bonds. The number of carbonyl (C=O) groups is 1. The summed E-state index contributed by atoms with van der Waals surface area (Å²) in [5, 5.41) is 10.1. The lowest BCUT2D eigenvalue weighted by Gasteiger charge is -2.33. The summed E-state index contributed by atoms with van der Waals surface area (Å²) in [6.45, 7) is 8.84. The molecule has 9 heteroatoms. The van der Waals surface area contributed by atoms with E-state index in [1.807, 2.05) is 6.92 Å². The zero-order chi connectivity index (χ0) is 22.3. The van der Waals surface area contributed by atoms with Gasteiger partial charge in [0.2, 0.25) is 10.0 Å². The summed E-state index contributed by atoms with van der Waals surface area (Å²) in [4.78, 5) is 18.8. The molecule has 1 saturated heterocycles. The minimum Gasteiger partial charge on any atom is -0.507 e. The van der Waals surface area contributed by atoms with Crippen LogP contribution in [0.1, 0.15) is 45.6 Å². The monoisotopic (exact) mass is 436 g/mol. The number of rotatable bonds is 6. The third-order valence-electron chi connectivity index (χ3n) is 5.90. The second-order valence-corrected chi connectivity index (χ2v) is 11.0.